The third-order valence-corrected chi connectivity index (χ3v) is 7.54. The fourth-order valence-electron chi connectivity index (χ4n) is 3.21. The third-order valence-electron chi connectivity index (χ3n) is 4.51. The van der Waals surface area contributed by atoms with E-state index in [2.05, 4.69) is 5.73 Å². The Morgan fingerprint density at radius 3 is 1.66 bits per heavy atom. The minimum absolute atomic E-state index is 0.367. The maximum Gasteiger partial charge on any atom is 0.338 e. The monoisotopic (exact) mass is 402 g/mol. The molecular weight excluding hydrogens is 379 g/mol. The second kappa shape index (κ2) is 8.92. The van der Waals surface area contributed by atoms with Crippen LogP contribution in [-0.4, -0.2) is 13.1 Å². The van der Waals surface area contributed by atoms with E-state index >= 15 is 0 Å². The Labute approximate surface area is 171 Å². The Kier molecular flexibility index (Phi) is 6.34. The summed E-state index contributed by atoms with van der Waals surface area (Å²) in [6.07, 6.45) is 0. The van der Waals surface area contributed by atoms with Crippen molar-refractivity contribution in [2.75, 3.05) is 7.11 Å². The number of allylic oxidation sites excluding steroid dienone is 1. The van der Waals surface area contributed by atoms with Gasteiger partial charge in [-0.1, -0.05) is 78.9 Å². The van der Waals surface area contributed by atoms with Crippen LogP contribution in [-0.2, 0) is 9.30 Å². The fraction of sp³-hybridized carbons (Fsp3) is 0.120. The van der Waals surface area contributed by atoms with Crippen molar-refractivity contribution in [3.63, 3.8) is 0 Å². The van der Waals surface area contributed by atoms with Gasteiger partial charge in [-0.15, -0.1) is 5.73 Å². The van der Waals surface area contributed by atoms with E-state index in [0.29, 0.717) is 27.1 Å². The second-order valence-corrected chi connectivity index (χ2v) is 9.49. The van der Waals surface area contributed by atoms with Crippen molar-refractivity contribution < 1.29 is 14.1 Å². The summed E-state index contributed by atoms with van der Waals surface area (Å²) < 4.78 is 19.8. The zero-order valence-electron chi connectivity index (χ0n) is 16.8. The van der Waals surface area contributed by atoms with Gasteiger partial charge in [-0.25, -0.2) is 4.79 Å². The summed E-state index contributed by atoms with van der Waals surface area (Å²) in [5.74, 6) is -0.471. The normalized spacial score (nSPS) is 10.7. The molecule has 3 rings (SSSR count). The van der Waals surface area contributed by atoms with Crippen LogP contribution in [0.1, 0.15) is 29.8 Å². The van der Waals surface area contributed by atoms with Gasteiger partial charge >= 0.3 is 5.97 Å². The number of esters is 1. The summed E-state index contributed by atoms with van der Waals surface area (Å²) in [4.78, 5) is 12.5. The van der Waals surface area contributed by atoms with Crippen molar-refractivity contribution in [3.8, 4) is 0 Å². The van der Waals surface area contributed by atoms with Gasteiger partial charge in [-0.3, -0.25) is 0 Å². The van der Waals surface area contributed by atoms with E-state index in [1.54, 1.807) is 18.2 Å². The van der Waals surface area contributed by atoms with E-state index in [-0.39, 0.29) is 0 Å². The van der Waals surface area contributed by atoms with Crippen molar-refractivity contribution in [3.05, 3.63) is 107 Å². The molecule has 3 nitrogen and oxygen atoms in total. The van der Waals surface area contributed by atoms with Crippen LogP contribution in [0.2, 0.25) is 0 Å². The number of methoxy groups -OCH3 is 1. The quantitative estimate of drug-likeness (QED) is 0.326. The first-order valence-corrected chi connectivity index (χ1v) is 11.0. The van der Waals surface area contributed by atoms with Gasteiger partial charge in [0, 0.05) is 16.2 Å². The van der Waals surface area contributed by atoms with E-state index in [1.165, 1.54) is 7.11 Å². The van der Waals surface area contributed by atoms with Crippen molar-refractivity contribution in [1.82, 2.24) is 0 Å². The van der Waals surface area contributed by atoms with Gasteiger partial charge in [0.15, 0.2) is 7.14 Å². The molecule has 0 bridgehead atoms. The molecule has 0 amide bonds. The predicted octanol–water partition coefficient (Wildman–Crippen LogP) is 5.39. The number of carbonyl (C=O) groups excluding carboxylic acids is 1. The largest absolute Gasteiger partial charge is 0.465 e. The summed E-state index contributed by atoms with van der Waals surface area (Å²) in [5.41, 5.74) is 5.12. The highest BCUT2D eigenvalue weighted by atomic mass is 31.2. The number of rotatable bonds is 5. The van der Waals surface area contributed by atoms with Crippen LogP contribution in [0.15, 0.2) is 96.2 Å². The molecule has 0 aliphatic carbocycles. The number of hydrogen-bond donors (Lipinski definition) is 0. The Bertz CT molecular complexity index is 1080. The molecule has 146 valence electrons. The zero-order chi connectivity index (χ0) is 20.9. The van der Waals surface area contributed by atoms with Crippen LogP contribution < -0.4 is 10.6 Å². The van der Waals surface area contributed by atoms with E-state index in [4.69, 9.17) is 4.74 Å². The number of hydrogen-bond acceptors (Lipinski definition) is 3. The minimum Gasteiger partial charge on any atom is -0.465 e. The number of carbonyl (C=O) groups is 1. The Balaban J connectivity index is 2.43. The summed E-state index contributed by atoms with van der Waals surface area (Å²) in [6, 6.07) is 25.8. The second-order valence-electron chi connectivity index (χ2n) is 6.79. The Morgan fingerprint density at radius 2 is 1.21 bits per heavy atom. The SMILES string of the molecule is COC(=O)c1ccccc1C(=C=C(C)C)P(=O)(c1ccccc1)c1ccccc1. The molecule has 0 heterocycles. The first kappa shape index (κ1) is 20.6. The fourth-order valence-corrected chi connectivity index (χ4v) is 6.13. The molecular formula is C25H23O3P. The van der Waals surface area contributed by atoms with Gasteiger partial charge < -0.3 is 9.30 Å². The Morgan fingerprint density at radius 1 is 0.759 bits per heavy atom. The van der Waals surface area contributed by atoms with Crippen LogP contribution in [0, 0.1) is 0 Å². The summed E-state index contributed by atoms with van der Waals surface area (Å²) in [7, 11) is -1.97. The van der Waals surface area contributed by atoms with Crippen LogP contribution >= 0.6 is 7.14 Å². The molecule has 0 N–H and O–H groups in total. The van der Waals surface area contributed by atoms with Crippen LogP contribution in [0.4, 0.5) is 0 Å². The number of ether oxygens (including phenoxy) is 1. The topological polar surface area (TPSA) is 43.4 Å². The molecule has 29 heavy (non-hydrogen) atoms. The highest BCUT2D eigenvalue weighted by molar-refractivity contribution is 7.87. The molecule has 0 fully saturated rings. The maximum absolute atomic E-state index is 14.9. The highest BCUT2D eigenvalue weighted by Gasteiger charge is 2.34. The van der Waals surface area contributed by atoms with E-state index < -0.39 is 13.1 Å². The molecule has 0 radical (unpaired) electrons. The highest BCUT2D eigenvalue weighted by Crippen LogP contribution is 2.56. The molecule has 0 unspecified atom stereocenters. The van der Waals surface area contributed by atoms with Crippen LogP contribution in [0.25, 0.3) is 5.31 Å². The van der Waals surface area contributed by atoms with Gasteiger partial charge in [0.25, 0.3) is 0 Å². The minimum atomic E-state index is -3.31. The van der Waals surface area contributed by atoms with Crippen molar-refractivity contribution in [2.45, 2.75) is 13.8 Å². The van der Waals surface area contributed by atoms with E-state index in [1.807, 2.05) is 80.6 Å². The molecule has 0 aliphatic heterocycles. The van der Waals surface area contributed by atoms with Gasteiger partial charge in [0.2, 0.25) is 0 Å². The van der Waals surface area contributed by atoms with Crippen molar-refractivity contribution >= 4 is 29.0 Å². The smallest absolute Gasteiger partial charge is 0.338 e. The molecule has 0 saturated carbocycles. The van der Waals surface area contributed by atoms with Crippen LogP contribution in [0.5, 0.6) is 0 Å². The molecule has 0 aromatic heterocycles. The van der Waals surface area contributed by atoms with Gasteiger partial charge in [-0.05, 0) is 25.5 Å². The lowest BCUT2D eigenvalue weighted by Gasteiger charge is -2.23. The van der Waals surface area contributed by atoms with Crippen LogP contribution in [0.3, 0.4) is 0 Å². The lowest BCUT2D eigenvalue weighted by Crippen LogP contribution is -2.18. The maximum atomic E-state index is 14.9. The summed E-state index contributed by atoms with van der Waals surface area (Å²) in [5, 5.41) is 1.88. The standard InChI is InChI=1S/C25H23O3P/c1-19(2)18-24(22-16-10-11-17-23(22)25(26)28-3)29(27,20-12-6-4-7-13-20)21-14-8-5-9-15-21/h4-17H,1-3H3. The van der Waals surface area contributed by atoms with Gasteiger partial charge in [-0.2, -0.15) is 0 Å². The molecule has 3 aromatic carbocycles. The molecule has 0 atom stereocenters. The van der Waals surface area contributed by atoms with Gasteiger partial charge in [0.05, 0.1) is 18.0 Å². The van der Waals surface area contributed by atoms with Crippen molar-refractivity contribution in [1.29, 1.82) is 0 Å². The molecule has 0 spiro atoms. The average molecular weight is 402 g/mol. The zero-order valence-corrected chi connectivity index (χ0v) is 17.6. The average Bonchev–Trinajstić information content (AvgIpc) is 2.77. The number of benzene rings is 3. The molecule has 3 aromatic rings. The first-order valence-electron chi connectivity index (χ1n) is 9.32. The lowest BCUT2D eigenvalue weighted by molar-refractivity contribution is 0.0600. The molecule has 4 heteroatoms. The predicted molar refractivity (Wildman–Crippen MR) is 119 cm³/mol. The lowest BCUT2D eigenvalue weighted by atomic mass is 10.1. The van der Waals surface area contributed by atoms with Gasteiger partial charge in [0.1, 0.15) is 0 Å². The van der Waals surface area contributed by atoms with E-state index in [9.17, 15) is 9.36 Å². The Hall–Kier alpha value is -3.12. The molecule has 0 saturated heterocycles. The molecule has 0 aliphatic rings. The summed E-state index contributed by atoms with van der Waals surface area (Å²) in [6.45, 7) is 3.81. The summed E-state index contributed by atoms with van der Waals surface area (Å²) >= 11 is 0. The third kappa shape index (κ3) is 4.17. The first-order chi connectivity index (χ1) is 14.0. The van der Waals surface area contributed by atoms with Crippen molar-refractivity contribution in [2.24, 2.45) is 0 Å². The van der Waals surface area contributed by atoms with E-state index in [0.717, 1.165) is 5.57 Å².